The molecule has 1 N–H and O–H groups in total. The monoisotopic (exact) mass is 506 g/mol. The van der Waals surface area contributed by atoms with Crippen molar-refractivity contribution in [2.75, 3.05) is 23.9 Å². The molecule has 35 heavy (non-hydrogen) atoms. The molecule has 0 spiro atoms. The number of hydrogen-bond donors (Lipinski definition) is 1. The molecule has 2 aromatic rings. The predicted molar refractivity (Wildman–Crippen MR) is 123 cm³/mol. The first-order chi connectivity index (χ1) is 16.5. The third kappa shape index (κ3) is 5.42. The normalized spacial score (nSPS) is 20.5. The molecule has 1 saturated heterocycles. The van der Waals surface area contributed by atoms with Gasteiger partial charge in [0.05, 0.1) is 40.7 Å². The Balaban J connectivity index is 1.47. The van der Waals surface area contributed by atoms with Crippen molar-refractivity contribution in [3.63, 3.8) is 0 Å². The lowest BCUT2D eigenvalue weighted by molar-refractivity contribution is -0.191. The fourth-order valence-electron chi connectivity index (χ4n) is 4.88. The second-order valence-corrected chi connectivity index (χ2v) is 11.4. The lowest BCUT2D eigenvalue weighted by Crippen LogP contribution is -2.44. The molecular formula is C24H25F3N4O3S. The number of carbonyl (C=O) groups is 1. The molecule has 2 heterocycles. The number of nitrogens with zero attached hydrogens (tertiary/aromatic N) is 3. The summed E-state index contributed by atoms with van der Waals surface area (Å²) in [4.78, 5) is 17.4. The topological polar surface area (TPSA) is 103 Å². The molecule has 4 rings (SSSR count). The van der Waals surface area contributed by atoms with Crippen molar-refractivity contribution < 1.29 is 26.4 Å². The minimum Gasteiger partial charge on any atom is -0.380 e. The van der Waals surface area contributed by atoms with E-state index in [1.54, 1.807) is 6.07 Å². The van der Waals surface area contributed by atoms with Crippen molar-refractivity contribution in [2.24, 2.45) is 5.92 Å². The number of nitriles is 1. The lowest BCUT2D eigenvalue weighted by Gasteiger charge is -2.33. The zero-order chi connectivity index (χ0) is 25.4. The summed E-state index contributed by atoms with van der Waals surface area (Å²) in [6.45, 7) is 0. The molecular weight excluding hydrogens is 481 g/mol. The highest BCUT2D eigenvalue weighted by molar-refractivity contribution is 7.91. The van der Waals surface area contributed by atoms with E-state index >= 15 is 0 Å². The van der Waals surface area contributed by atoms with Gasteiger partial charge in [-0.3, -0.25) is 9.78 Å². The van der Waals surface area contributed by atoms with Crippen LogP contribution in [0.5, 0.6) is 0 Å². The first-order valence-corrected chi connectivity index (χ1v) is 13.1. The van der Waals surface area contributed by atoms with Gasteiger partial charge in [0.1, 0.15) is 9.84 Å². The van der Waals surface area contributed by atoms with Crippen molar-refractivity contribution in [3.05, 3.63) is 58.9 Å². The SMILES string of the molecule is CN(C(=O)C1CCS(=O)(=O)CC1)[C@@H](c1ccc(NC2Cc3cccc(C#N)c3C2)cn1)C(F)(F)F. The van der Waals surface area contributed by atoms with Gasteiger partial charge in [0.2, 0.25) is 5.91 Å². The van der Waals surface area contributed by atoms with Crippen LogP contribution in [-0.4, -0.2) is 55.0 Å². The van der Waals surface area contributed by atoms with Crippen LogP contribution < -0.4 is 5.32 Å². The number of amides is 1. The number of sulfone groups is 1. The fraction of sp³-hybridized carbons (Fsp3) is 0.458. The van der Waals surface area contributed by atoms with E-state index in [0.717, 1.165) is 18.2 Å². The van der Waals surface area contributed by atoms with Crippen LogP contribution in [0.1, 0.15) is 41.3 Å². The molecule has 0 saturated carbocycles. The highest BCUT2D eigenvalue weighted by atomic mass is 32.2. The molecule has 11 heteroatoms. The summed E-state index contributed by atoms with van der Waals surface area (Å²) >= 11 is 0. The summed E-state index contributed by atoms with van der Waals surface area (Å²) in [5, 5.41) is 12.6. The largest absolute Gasteiger partial charge is 0.414 e. The van der Waals surface area contributed by atoms with Gasteiger partial charge in [0.15, 0.2) is 6.04 Å². The van der Waals surface area contributed by atoms with Gasteiger partial charge in [-0.15, -0.1) is 0 Å². The molecule has 1 amide bonds. The number of benzene rings is 1. The highest BCUT2D eigenvalue weighted by Gasteiger charge is 2.47. The zero-order valence-corrected chi connectivity index (χ0v) is 19.9. The molecule has 1 aromatic carbocycles. The summed E-state index contributed by atoms with van der Waals surface area (Å²) in [5.41, 5.74) is 2.89. The minimum absolute atomic E-state index is 0.0163. The van der Waals surface area contributed by atoms with Crippen LogP contribution >= 0.6 is 0 Å². The Hall–Kier alpha value is -3.13. The van der Waals surface area contributed by atoms with E-state index in [0.29, 0.717) is 29.0 Å². The molecule has 1 aromatic heterocycles. The van der Waals surface area contributed by atoms with Crippen LogP contribution in [0.4, 0.5) is 18.9 Å². The molecule has 0 radical (unpaired) electrons. The Kier molecular flexibility index (Phi) is 6.77. The number of pyridine rings is 1. The molecule has 7 nitrogen and oxygen atoms in total. The molecule has 2 atom stereocenters. The number of hydrogen-bond acceptors (Lipinski definition) is 6. The second-order valence-electron chi connectivity index (χ2n) is 9.10. The van der Waals surface area contributed by atoms with Crippen molar-refractivity contribution in [1.82, 2.24) is 9.88 Å². The standard InChI is InChI=1S/C24H25F3N4O3S/c1-31(23(32)15-7-9-35(33,34)10-8-15)22(24(25,26)27)21-6-5-18(14-29-21)30-19-11-16-3-2-4-17(13-28)20(16)12-19/h2-6,14-15,19,22,30H,7-12H2,1H3/t19?,22-/m0/s1. The Morgan fingerprint density at radius 3 is 2.51 bits per heavy atom. The predicted octanol–water partition coefficient (Wildman–Crippen LogP) is 3.42. The summed E-state index contributed by atoms with van der Waals surface area (Å²) < 4.78 is 65.2. The highest BCUT2D eigenvalue weighted by Crippen LogP contribution is 2.38. The second kappa shape index (κ2) is 9.49. The number of aromatic nitrogens is 1. The van der Waals surface area contributed by atoms with Crippen LogP contribution in [-0.2, 0) is 27.5 Å². The lowest BCUT2D eigenvalue weighted by atomic mass is 9.99. The maximum atomic E-state index is 14.0. The zero-order valence-electron chi connectivity index (χ0n) is 19.0. The van der Waals surface area contributed by atoms with Crippen molar-refractivity contribution in [3.8, 4) is 6.07 Å². The van der Waals surface area contributed by atoms with Gasteiger partial charge in [-0.2, -0.15) is 18.4 Å². The average molecular weight is 507 g/mol. The maximum absolute atomic E-state index is 14.0. The van der Waals surface area contributed by atoms with E-state index < -0.39 is 33.9 Å². The van der Waals surface area contributed by atoms with E-state index in [4.69, 9.17) is 0 Å². The molecule has 186 valence electrons. The summed E-state index contributed by atoms with van der Waals surface area (Å²) in [6.07, 6.45) is -2.10. The van der Waals surface area contributed by atoms with Crippen molar-refractivity contribution >= 4 is 21.4 Å². The number of fused-ring (bicyclic) bond motifs is 1. The van der Waals surface area contributed by atoms with E-state index in [1.165, 1.54) is 18.3 Å². The summed E-state index contributed by atoms with van der Waals surface area (Å²) in [7, 11) is -2.16. The van der Waals surface area contributed by atoms with Gasteiger partial charge in [-0.25, -0.2) is 8.42 Å². The van der Waals surface area contributed by atoms with Crippen LogP contribution in [0.3, 0.4) is 0 Å². The third-order valence-corrected chi connectivity index (χ3v) is 8.41. The molecule has 0 bridgehead atoms. The summed E-state index contributed by atoms with van der Waals surface area (Å²) in [6, 6.07) is 8.23. The maximum Gasteiger partial charge on any atom is 0.414 e. The molecule has 2 aliphatic rings. The minimum atomic E-state index is -4.76. The molecule has 1 aliphatic heterocycles. The Labute approximate surface area is 201 Å². The van der Waals surface area contributed by atoms with Gasteiger partial charge < -0.3 is 10.2 Å². The van der Waals surface area contributed by atoms with Gasteiger partial charge in [-0.05, 0) is 55.0 Å². The van der Waals surface area contributed by atoms with Gasteiger partial charge >= 0.3 is 6.18 Å². The average Bonchev–Trinajstić information content (AvgIpc) is 3.21. The Bertz CT molecular complexity index is 1240. The van der Waals surface area contributed by atoms with Crippen LogP contribution in [0.2, 0.25) is 0 Å². The van der Waals surface area contributed by atoms with Gasteiger partial charge in [-0.1, -0.05) is 12.1 Å². The number of nitrogens with one attached hydrogen (secondary N) is 1. The van der Waals surface area contributed by atoms with E-state index in [9.17, 15) is 31.6 Å². The van der Waals surface area contributed by atoms with E-state index in [2.05, 4.69) is 16.4 Å². The molecule has 1 unspecified atom stereocenters. The van der Waals surface area contributed by atoms with Crippen LogP contribution in [0, 0.1) is 17.2 Å². The first-order valence-electron chi connectivity index (χ1n) is 11.3. The van der Waals surface area contributed by atoms with E-state index in [-0.39, 0.29) is 36.1 Å². The third-order valence-electron chi connectivity index (χ3n) is 6.70. The number of carbonyl (C=O) groups excluding carboxylic acids is 1. The Morgan fingerprint density at radius 1 is 1.20 bits per heavy atom. The molecule has 1 aliphatic carbocycles. The number of rotatable bonds is 5. The number of halogens is 3. The van der Waals surface area contributed by atoms with Gasteiger partial charge in [0.25, 0.3) is 0 Å². The van der Waals surface area contributed by atoms with Crippen LogP contribution in [0.15, 0.2) is 36.5 Å². The quantitative estimate of drug-likeness (QED) is 0.667. The summed E-state index contributed by atoms with van der Waals surface area (Å²) in [5.74, 6) is -1.90. The number of anilines is 1. The van der Waals surface area contributed by atoms with Crippen molar-refractivity contribution in [1.29, 1.82) is 5.26 Å². The number of alkyl halides is 3. The molecule has 1 fully saturated rings. The smallest absolute Gasteiger partial charge is 0.380 e. The first kappa shape index (κ1) is 25.0. The van der Waals surface area contributed by atoms with E-state index in [1.807, 2.05) is 12.1 Å². The Morgan fingerprint density at radius 2 is 1.91 bits per heavy atom. The van der Waals surface area contributed by atoms with Gasteiger partial charge in [0, 0.05) is 19.0 Å². The fourth-order valence-corrected chi connectivity index (χ4v) is 6.38. The van der Waals surface area contributed by atoms with Crippen molar-refractivity contribution in [2.45, 2.75) is 43.9 Å². The van der Waals surface area contributed by atoms with Crippen LogP contribution in [0.25, 0.3) is 0 Å².